The zero-order valence-electron chi connectivity index (χ0n) is 10.00. The number of rotatable bonds is 5. The molecule has 0 fully saturated rings. The summed E-state index contributed by atoms with van der Waals surface area (Å²) in [5, 5.41) is 1.80. The van der Waals surface area contributed by atoms with Crippen molar-refractivity contribution in [3.05, 3.63) is 28.1 Å². The van der Waals surface area contributed by atoms with E-state index in [4.69, 9.17) is 0 Å². The quantitative estimate of drug-likeness (QED) is 0.830. The standard InChI is InChI=1S/C11H14N2O3S2/c1-2-6-18(15,16)7-4-13-8-12-9-3-5-17-10(9)11(13)14/h3,5,8H,2,4,6-7H2,1H3. The lowest BCUT2D eigenvalue weighted by Crippen LogP contribution is -2.24. The fourth-order valence-electron chi connectivity index (χ4n) is 1.69. The molecule has 0 aliphatic heterocycles. The lowest BCUT2D eigenvalue weighted by molar-refractivity contribution is 0.585. The van der Waals surface area contributed by atoms with Gasteiger partial charge in [-0.3, -0.25) is 9.36 Å². The molecule has 2 aromatic rings. The van der Waals surface area contributed by atoms with Crippen molar-refractivity contribution in [3.8, 4) is 0 Å². The third kappa shape index (κ3) is 2.78. The van der Waals surface area contributed by atoms with Crippen molar-refractivity contribution in [2.45, 2.75) is 19.9 Å². The highest BCUT2D eigenvalue weighted by molar-refractivity contribution is 7.91. The molecule has 18 heavy (non-hydrogen) atoms. The summed E-state index contributed by atoms with van der Waals surface area (Å²) in [6.07, 6.45) is 2.01. The Hall–Kier alpha value is -1.21. The van der Waals surface area contributed by atoms with Crippen LogP contribution in [0.1, 0.15) is 13.3 Å². The number of thiophene rings is 1. The van der Waals surface area contributed by atoms with Crippen LogP contribution in [0.5, 0.6) is 0 Å². The van der Waals surface area contributed by atoms with E-state index in [0.29, 0.717) is 16.6 Å². The van der Waals surface area contributed by atoms with E-state index in [1.807, 2.05) is 6.92 Å². The van der Waals surface area contributed by atoms with Gasteiger partial charge in [0.25, 0.3) is 5.56 Å². The molecule has 0 radical (unpaired) electrons. The zero-order valence-corrected chi connectivity index (χ0v) is 11.6. The fourth-order valence-corrected chi connectivity index (χ4v) is 3.78. The summed E-state index contributed by atoms with van der Waals surface area (Å²) in [5.41, 5.74) is 0.499. The Morgan fingerprint density at radius 1 is 1.39 bits per heavy atom. The van der Waals surface area contributed by atoms with Crippen LogP contribution in [-0.2, 0) is 16.4 Å². The van der Waals surface area contributed by atoms with Gasteiger partial charge in [-0.05, 0) is 17.9 Å². The van der Waals surface area contributed by atoms with E-state index in [9.17, 15) is 13.2 Å². The monoisotopic (exact) mass is 286 g/mol. The summed E-state index contributed by atoms with van der Waals surface area (Å²) in [6, 6.07) is 1.78. The molecule has 0 amide bonds. The van der Waals surface area contributed by atoms with Crippen molar-refractivity contribution in [2.24, 2.45) is 0 Å². The highest BCUT2D eigenvalue weighted by Crippen LogP contribution is 2.13. The molecule has 0 unspecified atom stereocenters. The van der Waals surface area contributed by atoms with Gasteiger partial charge in [-0.1, -0.05) is 6.92 Å². The lowest BCUT2D eigenvalue weighted by Gasteiger charge is -2.05. The second-order valence-electron chi connectivity index (χ2n) is 4.03. The van der Waals surface area contributed by atoms with Crippen LogP contribution in [-0.4, -0.2) is 29.5 Å². The Bertz CT molecular complexity index is 700. The van der Waals surface area contributed by atoms with Gasteiger partial charge in [-0.2, -0.15) is 0 Å². The van der Waals surface area contributed by atoms with Crippen molar-refractivity contribution < 1.29 is 8.42 Å². The molecule has 0 saturated heterocycles. The summed E-state index contributed by atoms with van der Waals surface area (Å²) in [5.74, 6) is 0.149. The Labute approximate surface area is 109 Å². The van der Waals surface area contributed by atoms with Gasteiger partial charge in [0.2, 0.25) is 0 Å². The van der Waals surface area contributed by atoms with Crippen molar-refractivity contribution in [2.75, 3.05) is 11.5 Å². The van der Waals surface area contributed by atoms with Crippen LogP contribution in [0, 0.1) is 0 Å². The minimum Gasteiger partial charge on any atom is -0.297 e. The van der Waals surface area contributed by atoms with Gasteiger partial charge in [-0.15, -0.1) is 11.3 Å². The van der Waals surface area contributed by atoms with Crippen molar-refractivity contribution in [1.82, 2.24) is 9.55 Å². The first-order valence-corrected chi connectivity index (χ1v) is 8.36. The first kappa shape index (κ1) is 13.2. The molecule has 0 spiro atoms. The molecule has 0 atom stereocenters. The topological polar surface area (TPSA) is 69.0 Å². The summed E-state index contributed by atoms with van der Waals surface area (Å²) in [6.45, 7) is 1.99. The van der Waals surface area contributed by atoms with E-state index in [1.54, 1.807) is 11.4 Å². The average Bonchev–Trinajstić information content (AvgIpc) is 2.77. The van der Waals surface area contributed by atoms with Gasteiger partial charge in [0.1, 0.15) is 4.70 Å². The maximum atomic E-state index is 12.0. The number of aromatic nitrogens is 2. The van der Waals surface area contributed by atoms with E-state index < -0.39 is 9.84 Å². The fraction of sp³-hybridized carbons (Fsp3) is 0.455. The van der Waals surface area contributed by atoms with Crippen molar-refractivity contribution in [3.63, 3.8) is 0 Å². The van der Waals surface area contributed by atoms with Gasteiger partial charge >= 0.3 is 0 Å². The number of fused-ring (bicyclic) bond motifs is 1. The first-order chi connectivity index (χ1) is 8.53. The first-order valence-electron chi connectivity index (χ1n) is 5.66. The average molecular weight is 286 g/mol. The Kier molecular flexibility index (Phi) is 3.82. The Balaban J connectivity index is 2.23. The number of hydrogen-bond donors (Lipinski definition) is 0. The zero-order chi connectivity index (χ0) is 13.2. The number of hydrogen-bond acceptors (Lipinski definition) is 5. The van der Waals surface area contributed by atoms with Crippen molar-refractivity contribution in [1.29, 1.82) is 0 Å². The molecule has 0 aromatic carbocycles. The maximum absolute atomic E-state index is 12.0. The summed E-state index contributed by atoms with van der Waals surface area (Å²) in [4.78, 5) is 16.1. The highest BCUT2D eigenvalue weighted by atomic mass is 32.2. The van der Waals surface area contributed by atoms with Gasteiger partial charge < -0.3 is 0 Å². The molecule has 0 aliphatic rings. The summed E-state index contributed by atoms with van der Waals surface area (Å²) >= 11 is 1.33. The number of sulfone groups is 1. The SMILES string of the molecule is CCCS(=O)(=O)CCn1cnc2ccsc2c1=O. The largest absolute Gasteiger partial charge is 0.297 e. The predicted octanol–water partition coefficient (Wildman–Crippen LogP) is 1.28. The van der Waals surface area contributed by atoms with Crippen LogP contribution in [0.4, 0.5) is 0 Å². The number of aryl methyl sites for hydroxylation is 1. The molecule has 0 saturated carbocycles. The van der Waals surface area contributed by atoms with E-state index in [2.05, 4.69) is 4.98 Å². The lowest BCUT2D eigenvalue weighted by atomic mass is 10.5. The number of nitrogens with zero attached hydrogens (tertiary/aromatic N) is 2. The molecule has 5 nitrogen and oxygen atoms in total. The molecule has 0 bridgehead atoms. The van der Waals surface area contributed by atoms with Gasteiger partial charge in [0.05, 0.1) is 17.6 Å². The van der Waals surface area contributed by atoms with Crippen LogP contribution < -0.4 is 5.56 Å². The Morgan fingerprint density at radius 3 is 2.89 bits per heavy atom. The summed E-state index contributed by atoms with van der Waals surface area (Å²) in [7, 11) is -3.07. The molecule has 7 heteroatoms. The molecular weight excluding hydrogens is 272 g/mol. The van der Waals surface area contributed by atoms with Crippen LogP contribution in [0.25, 0.3) is 10.2 Å². The third-order valence-corrected chi connectivity index (χ3v) is 5.32. The molecule has 0 aliphatic carbocycles. The van der Waals surface area contributed by atoms with Crippen LogP contribution in [0.15, 0.2) is 22.6 Å². The molecule has 2 rings (SSSR count). The smallest absolute Gasteiger partial charge is 0.271 e. The predicted molar refractivity (Wildman–Crippen MR) is 72.8 cm³/mol. The van der Waals surface area contributed by atoms with Crippen LogP contribution >= 0.6 is 11.3 Å². The molecule has 2 heterocycles. The van der Waals surface area contributed by atoms with Crippen LogP contribution in [0.3, 0.4) is 0 Å². The normalized spacial score (nSPS) is 12.1. The van der Waals surface area contributed by atoms with Gasteiger partial charge in [-0.25, -0.2) is 13.4 Å². The Morgan fingerprint density at radius 2 is 2.17 bits per heavy atom. The van der Waals surface area contributed by atoms with Crippen LogP contribution in [0.2, 0.25) is 0 Å². The van der Waals surface area contributed by atoms with Crippen molar-refractivity contribution >= 4 is 31.4 Å². The summed E-state index contributed by atoms with van der Waals surface area (Å²) < 4.78 is 25.1. The molecule has 0 N–H and O–H groups in total. The third-order valence-electron chi connectivity index (χ3n) is 2.59. The van der Waals surface area contributed by atoms with E-state index in [-0.39, 0.29) is 23.6 Å². The molecular formula is C11H14N2O3S2. The minimum atomic E-state index is -3.07. The molecule has 2 aromatic heterocycles. The van der Waals surface area contributed by atoms with E-state index in [0.717, 1.165) is 0 Å². The van der Waals surface area contributed by atoms with E-state index in [1.165, 1.54) is 22.2 Å². The second kappa shape index (κ2) is 5.19. The van der Waals surface area contributed by atoms with Gasteiger partial charge in [0.15, 0.2) is 9.84 Å². The minimum absolute atomic E-state index is 0.0146. The molecule has 98 valence electrons. The maximum Gasteiger partial charge on any atom is 0.271 e. The highest BCUT2D eigenvalue weighted by Gasteiger charge is 2.11. The second-order valence-corrected chi connectivity index (χ2v) is 7.25. The van der Waals surface area contributed by atoms with Gasteiger partial charge in [0, 0.05) is 12.3 Å². The van der Waals surface area contributed by atoms with E-state index >= 15 is 0 Å².